The topological polar surface area (TPSA) is 84.7 Å². The van der Waals surface area contributed by atoms with Crippen molar-refractivity contribution in [3.63, 3.8) is 0 Å². The molecule has 3 rings (SSSR count). The van der Waals surface area contributed by atoms with Gasteiger partial charge in [-0.2, -0.15) is 5.10 Å². The van der Waals surface area contributed by atoms with Gasteiger partial charge >= 0.3 is 0 Å². The van der Waals surface area contributed by atoms with Crippen molar-refractivity contribution < 1.29 is 9.18 Å². The van der Waals surface area contributed by atoms with Crippen LogP contribution in [0.2, 0.25) is 5.02 Å². The molecule has 0 aliphatic rings. The second-order valence-corrected chi connectivity index (χ2v) is 8.21. The smallest absolute Gasteiger partial charge is 0.252 e. The van der Waals surface area contributed by atoms with Crippen LogP contribution in [0.5, 0.6) is 0 Å². The van der Waals surface area contributed by atoms with Crippen molar-refractivity contribution in [2.45, 2.75) is 38.5 Å². The molecule has 7 nitrogen and oxygen atoms in total. The zero-order valence-electron chi connectivity index (χ0n) is 16.4. The average molecular weight is 437 g/mol. The molecule has 2 aromatic heterocycles. The van der Waals surface area contributed by atoms with E-state index in [2.05, 4.69) is 25.7 Å². The standard InChI is InChI=1S/C19H22ClFN6OS/c1-4-29-19-25-16(24-11(2)3)14-10-23-27(17(14)26-19)8-7-22-18(28)13-6-5-12(21)9-15(13)20/h5-6,9-11H,4,7-8H2,1-3H3,(H,22,28)(H,24,25,26). The second-order valence-electron chi connectivity index (χ2n) is 6.57. The molecule has 0 fully saturated rings. The third kappa shape index (κ3) is 5.16. The summed E-state index contributed by atoms with van der Waals surface area (Å²) in [5, 5.41) is 12.1. The molecular formula is C19H22ClFN6OS. The van der Waals surface area contributed by atoms with E-state index >= 15 is 0 Å². The van der Waals surface area contributed by atoms with E-state index in [1.807, 2.05) is 20.8 Å². The second kappa shape index (κ2) is 9.41. The van der Waals surface area contributed by atoms with Gasteiger partial charge in [0, 0.05) is 12.6 Å². The summed E-state index contributed by atoms with van der Waals surface area (Å²) in [5.41, 5.74) is 0.930. The van der Waals surface area contributed by atoms with E-state index < -0.39 is 5.82 Å². The molecule has 0 unspecified atom stereocenters. The Bertz CT molecular complexity index is 1030. The largest absolute Gasteiger partial charge is 0.367 e. The molecule has 29 heavy (non-hydrogen) atoms. The van der Waals surface area contributed by atoms with Crippen molar-refractivity contribution in [1.82, 2.24) is 25.1 Å². The van der Waals surface area contributed by atoms with E-state index in [1.54, 1.807) is 22.6 Å². The minimum absolute atomic E-state index is 0.0745. The number of hydrogen-bond acceptors (Lipinski definition) is 6. The lowest BCUT2D eigenvalue weighted by molar-refractivity contribution is 0.0952. The first-order valence-electron chi connectivity index (χ1n) is 9.25. The van der Waals surface area contributed by atoms with Crippen LogP contribution in [0.4, 0.5) is 10.2 Å². The normalized spacial score (nSPS) is 11.2. The van der Waals surface area contributed by atoms with Crippen LogP contribution in [0.25, 0.3) is 11.0 Å². The van der Waals surface area contributed by atoms with E-state index in [-0.39, 0.29) is 22.5 Å². The number of rotatable bonds is 8. The molecule has 2 heterocycles. The Morgan fingerprint density at radius 1 is 1.34 bits per heavy atom. The molecule has 3 aromatic rings. The molecule has 2 N–H and O–H groups in total. The number of benzene rings is 1. The van der Waals surface area contributed by atoms with Crippen LogP contribution in [-0.2, 0) is 6.54 Å². The summed E-state index contributed by atoms with van der Waals surface area (Å²) in [6, 6.07) is 3.90. The number of carbonyl (C=O) groups excluding carboxylic acids is 1. The first-order valence-corrected chi connectivity index (χ1v) is 10.6. The molecule has 0 atom stereocenters. The molecule has 154 valence electrons. The average Bonchev–Trinajstić information content (AvgIpc) is 3.05. The van der Waals surface area contributed by atoms with Crippen molar-refractivity contribution in [2.75, 3.05) is 17.6 Å². The van der Waals surface area contributed by atoms with E-state index in [9.17, 15) is 9.18 Å². The Hall–Kier alpha value is -2.39. The lowest BCUT2D eigenvalue weighted by Crippen LogP contribution is -2.27. The van der Waals surface area contributed by atoms with Gasteiger partial charge in [-0.1, -0.05) is 30.3 Å². The van der Waals surface area contributed by atoms with Gasteiger partial charge < -0.3 is 10.6 Å². The van der Waals surface area contributed by atoms with Gasteiger partial charge in [-0.25, -0.2) is 19.0 Å². The number of amides is 1. The van der Waals surface area contributed by atoms with Gasteiger partial charge in [0.25, 0.3) is 5.91 Å². The van der Waals surface area contributed by atoms with Gasteiger partial charge in [0.1, 0.15) is 11.6 Å². The van der Waals surface area contributed by atoms with Crippen LogP contribution >= 0.6 is 23.4 Å². The highest BCUT2D eigenvalue weighted by molar-refractivity contribution is 7.99. The quantitative estimate of drug-likeness (QED) is 0.410. The first-order chi connectivity index (χ1) is 13.9. The van der Waals surface area contributed by atoms with Gasteiger partial charge in [0.15, 0.2) is 10.8 Å². The summed E-state index contributed by atoms with van der Waals surface area (Å²) < 4.78 is 14.9. The molecule has 0 bridgehead atoms. The van der Waals surface area contributed by atoms with E-state index in [0.29, 0.717) is 23.9 Å². The van der Waals surface area contributed by atoms with Crippen molar-refractivity contribution in [3.8, 4) is 0 Å². The summed E-state index contributed by atoms with van der Waals surface area (Å²) in [7, 11) is 0. The zero-order valence-corrected chi connectivity index (χ0v) is 17.9. The SMILES string of the molecule is CCSc1nc(NC(C)C)c2cnn(CCNC(=O)c3ccc(F)cc3Cl)c2n1. The predicted molar refractivity (Wildman–Crippen MR) is 114 cm³/mol. The Kier molecular flexibility index (Phi) is 6.92. The number of hydrogen-bond donors (Lipinski definition) is 2. The van der Waals surface area contributed by atoms with Gasteiger partial charge in [0.05, 0.1) is 28.7 Å². The van der Waals surface area contributed by atoms with Gasteiger partial charge in [0.2, 0.25) is 0 Å². The molecule has 1 amide bonds. The molecule has 0 aliphatic carbocycles. The summed E-state index contributed by atoms with van der Waals surface area (Å²) in [6.07, 6.45) is 1.72. The predicted octanol–water partition coefficient (Wildman–Crippen LogP) is 3.98. The highest BCUT2D eigenvalue weighted by Gasteiger charge is 2.15. The highest BCUT2D eigenvalue weighted by Crippen LogP contribution is 2.25. The molecule has 0 aliphatic heterocycles. The Morgan fingerprint density at radius 2 is 2.14 bits per heavy atom. The van der Waals surface area contributed by atoms with Crippen LogP contribution in [0.1, 0.15) is 31.1 Å². The first kappa shape index (κ1) is 21.3. The maximum absolute atomic E-state index is 13.1. The molecule has 0 radical (unpaired) electrons. The lowest BCUT2D eigenvalue weighted by atomic mass is 10.2. The number of fused-ring (bicyclic) bond motifs is 1. The van der Waals surface area contributed by atoms with Crippen molar-refractivity contribution in [2.24, 2.45) is 0 Å². The van der Waals surface area contributed by atoms with Crippen LogP contribution in [0.3, 0.4) is 0 Å². The minimum atomic E-state index is -0.485. The third-order valence-electron chi connectivity index (χ3n) is 3.96. The molecule has 10 heteroatoms. The molecule has 0 spiro atoms. The Labute approximate surface area is 177 Å². The highest BCUT2D eigenvalue weighted by atomic mass is 35.5. The number of aromatic nitrogens is 4. The Balaban J connectivity index is 1.76. The minimum Gasteiger partial charge on any atom is -0.367 e. The Morgan fingerprint density at radius 3 is 2.83 bits per heavy atom. The van der Waals surface area contributed by atoms with E-state index in [4.69, 9.17) is 11.6 Å². The van der Waals surface area contributed by atoms with Crippen LogP contribution in [0.15, 0.2) is 29.6 Å². The number of anilines is 1. The zero-order chi connectivity index (χ0) is 21.0. The van der Waals surface area contributed by atoms with E-state index in [0.717, 1.165) is 23.0 Å². The molecule has 0 saturated heterocycles. The number of thioether (sulfide) groups is 1. The van der Waals surface area contributed by atoms with Crippen LogP contribution in [0, 0.1) is 5.82 Å². The van der Waals surface area contributed by atoms with Crippen molar-refractivity contribution in [1.29, 1.82) is 0 Å². The number of nitrogens with one attached hydrogen (secondary N) is 2. The summed E-state index contributed by atoms with van der Waals surface area (Å²) >= 11 is 7.50. The van der Waals surface area contributed by atoms with Crippen molar-refractivity contribution in [3.05, 3.63) is 40.8 Å². The number of nitrogens with zero attached hydrogens (tertiary/aromatic N) is 4. The van der Waals surface area contributed by atoms with E-state index in [1.165, 1.54) is 12.1 Å². The summed E-state index contributed by atoms with van der Waals surface area (Å²) in [5.74, 6) is 0.746. The van der Waals surface area contributed by atoms with Crippen LogP contribution < -0.4 is 10.6 Å². The number of carbonyl (C=O) groups is 1. The fraction of sp³-hybridized carbons (Fsp3) is 0.368. The monoisotopic (exact) mass is 436 g/mol. The lowest BCUT2D eigenvalue weighted by Gasteiger charge is -2.12. The maximum Gasteiger partial charge on any atom is 0.252 e. The van der Waals surface area contributed by atoms with Gasteiger partial charge in [-0.3, -0.25) is 4.79 Å². The fourth-order valence-corrected chi connectivity index (χ4v) is 3.54. The summed E-state index contributed by atoms with van der Waals surface area (Å²) in [4.78, 5) is 21.5. The molecular weight excluding hydrogens is 415 g/mol. The van der Waals surface area contributed by atoms with Crippen molar-refractivity contribution >= 4 is 46.1 Å². The third-order valence-corrected chi connectivity index (χ3v) is 5.00. The molecule has 0 saturated carbocycles. The molecule has 1 aromatic carbocycles. The summed E-state index contributed by atoms with van der Waals surface area (Å²) in [6.45, 7) is 6.86. The van der Waals surface area contributed by atoms with Gasteiger partial charge in [-0.05, 0) is 37.8 Å². The van der Waals surface area contributed by atoms with Crippen LogP contribution in [-0.4, -0.2) is 44.0 Å². The van der Waals surface area contributed by atoms with Gasteiger partial charge in [-0.15, -0.1) is 0 Å². The maximum atomic E-state index is 13.1. The number of halogens is 2. The fourth-order valence-electron chi connectivity index (χ4n) is 2.72.